The van der Waals surface area contributed by atoms with Gasteiger partial charge in [-0.1, -0.05) is 12.2 Å². The molecule has 0 bridgehead atoms. The molecule has 4 rings (SSSR count). The minimum Gasteiger partial charge on any atom is -0.143 e. The molecular formula is C14H12S3. The molecule has 3 heteroatoms. The van der Waals surface area contributed by atoms with Crippen molar-refractivity contribution in [2.45, 2.75) is 18.6 Å². The third-order valence-electron chi connectivity index (χ3n) is 4.26. The molecule has 2 unspecified atom stereocenters. The number of allylic oxidation sites excluding steroid dienone is 2. The van der Waals surface area contributed by atoms with Crippen molar-refractivity contribution >= 4 is 45.3 Å². The summed E-state index contributed by atoms with van der Waals surface area (Å²) in [5.74, 6) is 0. The molecule has 1 aromatic heterocycles. The van der Waals surface area contributed by atoms with Gasteiger partial charge >= 0.3 is 0 Å². The van der Waals surface area contributed by atoms with Crippen LogP contribution in [0.25, 0.3) is 10.5 Å². The largest absolute Gasteiger partial charge is 0.143 e. The van der Waals surface area contributed by atoms with Crippen molar-refractivity contribution < 1.29 is 0 Å². The van der Waals surface area contributed by atoms with Crippen molar-refractivity contribution in [3.05, 3.63) is 44.2 Å². The fourth-order valence-corrected chi connectivity index (χ4v) is 6.73. The quantitative estimate of drug-likeness (QED) is 0.713. The fourth-order valence-electron chi connectivity index (χ4n) is 3.01. The van der Waals surface area contributed by atoms with Crippen LogP contribution in [0.4, 0.5) is 0 Å². The Bertz CT molecular complexity index is 691. The molecule has 0 aromatic carbocycles. The van der Waals surface area contributed by atoms with Gasteiger partial charge in [0.05, 0.1) is 4.75 Å². The van der Waals surface area contributed by atoms with E-state index in [2.05, 4.69) is 48.3 Å². The van der Waals surface area contributed by atoms with Crippen LogP contribution < -0.4 is 9.75 Å². The molecule has 0 radical (unpaired) electrons. The maximum absolute atomic E-state index is 2.40. The van der Waals surface area contributed by atoms with Crippen LogP contribution >= 0.6 is 34.9 Å². The number of thiophene rings is 1. The fraction of sp³-hybridized carbons (Fsp3) is 0.286. The Morgan fingerprint density at radius 3 is 2.94 bits per heavy atom. The van der Waals surface area contributed by atoms with Crippen LogP contribution in [0.3, 0.4) is 0 Å². The van der Waals surface area contributed by atoms with Gasteiger partial charge in [-0.3, -0.25) is 0 Å². The van der Waals surface area contributed by atoms with Crippen LogP contribution in [0.2, 0.25) is 0 Å². The van der Waals surface area contributed by atoms with Crippen LogP contribution in [0, 0.1) is 5.41 Å². The van der Waals surface area contributed by atoms with Crippen molar-refractivity contribution in [3.8, 4) is 0 Å². The molecule has 2 aliphatic heterocycles. The Labute approximate surface area is 113 Å². The summed E-state index contributed by atoms with van der Waals surface area (Å²) >= 11 is 5.77. The summed E-state index contributed by atoms with van der Waals surface area (Å²) in [5, 5.41) is 8.22. The van der Waals surface area contributed by atoms with Gasteiger partial charge in [0.25, 0.3) is 0 Å². The average molecular weight is 276 g/mol. The summed E-state index contributed by atoms with van der Waals surface area (Å²) in [6.07, 6.45) is 4.71. The lowest BCUT2D eigenvalue weighted by atomic mass is 9.70. The van der Waals surface area contributed by atoms with Crippen molar-refractivity contribution in [1.29, 1.82) is 0 Å². The van der Waals surface area contributed by atoms with Gasteiger partial charge in [0, 0.05) is 14.9 Å². The molecule has 0 fully saturated rings. The molecule has 1 aromatic rings. The van der Waals surface area contributed by atoms with Crippen molar-refractivity contribution in [1.82, 2.24) is 0 Å². The van der Waals surface area contributed by atoms with Gasteiger partial charge in [-0.05, 0) is 46.9 Å². The third kappa shape index (κ3) is 1.05. The van der Waals surface area contributed by atoms with Gasteiger partial charge in [-0.15, -0.1) is 34.9 Å². The Morgan fingerprint density at radius 1 is 1.18 bits per heavy atom. The molecule has 17 heavy (non-hydrogen) atoms. The summed E-state index contributed by atoms with van der Waals surface area (Å²) in [7, 11) is 0. The molecule has 3 heterocycles. The summed E-state index contributed by atoms with van der Waals surface area (Å²) in [6.45, 7) is 4.78. The monoisotopic (exact) mass is 276 g/mol. The van der Waals surface area contributed by atoms with Crippen LogP contribution in [0.1, 0.15) is 13.8 Å². The van der Waals surface area contributed by atoms with E-state index in [0.717, 1.165) is 0 Å². The van der Waals surface area contributed by atoms with Gasteiger partial charge < -0.3 is 0 Å². The van der Waals surface area contributed by atoms with E-state index in [4.69, 9.17) is 0 Å². The third-order valence-corrected chi connectivity index (χ3v) is 7.85. The molecule has 0 spiro atoms. The van der Waals surface area contributed by atoms with Gasteiger partial charge in [-0.2, -0.15) is 0 Å². The maximum atomic E-state index is 2.40. The topological polar surface area (TPSA) is 0 Å². The van der Waals surface area contributed by atoms with Crippen LogP contribution in [-0.4, -0.2) is 4.75 Å². The van der Waals surface area contributed by atoms with Crippen molar-refractivity contribution in [2.75, 3.05) is 0 Å². The first-order valence-corrected chi connectivity index (χ1v) is 8.32. The molecule has 0 nitrogen and oxygen atoms in total. The Hall–Kier alpha value is -0.380. The summed E-state index contributed by atoms with van der Waals surface area (Å²) in [5.41, 5.74) is 1.68. The van der Waals surface area contributed by atoms with E-state index in [0.29, 0.717) is 0 Å². The van der Waals surface area contributed by atoms with E-state index in [-0.39, 0.29) is 10.2 Å². The molecular weight excluding hydrogens is 264 g/mol. The Balaban J connectivity index is 2.27. The highest BCUT2D eigenvalue weighted by Crippen LogP contribution is 2.62. The lowest BCUT2D eigenvalue weighted by Gasteiger charge is -2.43. The van der Waals surface area contributed by atoms with E-state index < -0.39 is 0 Å². The van der Waals surface area contributed by atoms with Crippen LogP contribution in [0.15, 0.2) is 34.4 Å². The highest BCUT2D eigenvalue weighted by molar-refractivity contribution is 8.11. The molecule has 2 atom stereocenters. The smallest absolute Gasteiger partial charge is 0.0562 e. The first kappa shape index (κ1) is 10.5. The Morgan fingerprint density at radius 2 is 2.06 bits per heavy atom. The molecule has 0 saturated heterocycles. The summed E-state index contributed by atoms with van der Waals surface area (Å²) in [4.78, 5) is 1.55. The number of fused-ring (bicyclic) bond motifs is 4. The molecule has 0 N–H and O–H groups in total. The number of rotatable bonds is 0. The molecule has 0 saturated carbocycles. The van der Waals surface area contributed by atoms with E-state index in [1.165, 1.54) is 15.3 Å². The lowest BCUT2D eigenvalue weighted by molar-refractivity contribution is 0.504. The zero-order valence-corrected chi connectivity index (χ0v) is 12.1. The van der Waals surface area contributed by atoms with Gasteiger partial charge in [0.2, 0.25) is 0 Å². The summed E-state index contributed by atoms with van der Waals surface area (Å²) in [6, 6.07) is 2.29. The normalized spacial score (nSPS) is 37.3. The van der Waals surface area contributed by atoms with E-state index in [1.807, 2.05) is 34.9 Å². The number of hydrogen-bond acceptors (Lipinski definition) is 3. The standard InChI is InChI=1S/C14H12S3/c1-13-5-8-16-12(13)11-9(3-6-15-11)10-4-7-17-14(10,13)2/h3-8H,1-2H3. The zero-order chi connectivity index (χ0) is 11.7. The van der Waals surface area contributed by atoms with Crippen LogP contribution in [-0.2, 0) is 0 Å². The molecule has 86 valence electrons. The molecule has 0 amide bonds. The van der Waals surface area contributed by atoms with Crippen molar-refractivity contribution in [3.63, 3.8) is 0 Å². The van der Waals surface area contributed by atoms with Gasteiger partial charge in [0.15, 0.2) is 0 Å². The SMILES string of the molecule is CC12C=CSC1=c1sccc1=C1C=CSC12C. The highest BCUT2D eigenvalue weighted by Gasteiger charge is 2.53. The highest BCUT2D eigenvalue weighted by atomic mass is 32.2. The van der Waals surface area contributed by atoms with Crippen molar-refractivity contribution in [2.24, 2.45) is 5.41 Å². The zero-order valence-electron chi connectivity index (χ0n) is 9.69. The second-order valence-corrected chi connectivity index (χ2v) is 8.14. The molecule has 3 aliphatic rings. The minimum absolute atomic E-state index is 0.166. The van der Waals surface area contributed by atoms with E-state index in [9.17, 15) is 0 Å². The minimum atomic E-state index is 0.166. The van der Waals surface area contributed by atoms with Gasteiger partial charge in [0.1, 0.15) is 0 Å². The predicted molar refractivity (Wildman–Crippen MR) is 80.4 cm³/mol. The lowest BCUT2D eigenvalue weighted by Crippen LogP contribution is -2.48. The Kier molecular flexibility index (Phi) is 1.94. The second-order valence-electron chi connectivity index (χ2n) is 4.98. The average Bonchev–Trinajstić information content (AvgIpc) is 2.94. The van der Waals surface area contributed by atoms with E-state index in [1.54, 1.807) is 4.91 Å². The first-order valence-electron chi connectivity index (χ1n) is 5.69. The second kappa shape index (κ2) is 3.14. The predicted octanol–water partition coefficient (Wildman–Crippen LogP) is 3.31. The maximum Gasteiger partial charge on any atom is 0.0562 e. The molecule has 1 aliphatic carbocycles. The van der Waals surface area contributed by atoms with Gasteiger partial charge in [-0.25, -0.2) is 0 Å². The number of hydrogen-bond donors (Lipinski definition) is 0. The number of thioether (sulfide) groups is 2. The first-order chi connectivity index (χ1) is 8.17. The van der Waals surface area contributed by atoms with Crippen LogP contribution in [0.5, 0.6) is 0 Å². The summed E-state index contributed by atoms with van der Waals surface area (Å²) < 4.78 is 1.67. The van der Waals surface area contributed by atoms with E-state index >= 15 is 0 Å².